The van der Waals surface area contributed by atoms with Gasteiger partial charge in [-0.3, -0.25) is 9.59 Å². The fraction of sp³-hybridized carbons (Fsp3) is 0.273. The summed E-state index contributed by atoms with van der Waals surface area (Å²) in [4.78, 5) is 22.5. The summed E-state index contributed by atoms with van der Waals surface area (Å²) in [6.45, 7) is 0.364. The van der Waals surface area contributed by atoms with E-state index in [2.05, 4.69) is 5.32 Å². The summed E-state index contributed by atoms with van der Waals surface area (Å²) in [5.74, 6) is -1.58. The van der Waals surface area contributed by atoms with Crippen LogP contribution in [0.3, 0.4) is 0 Å². The van der Waals surface area contributed by atoms with Gasteiger partial charge in [0.2, 0.25) is 5.91 Å². The molecule has 0 fully saturated rings. The Morgan fingerprint density at radius 3 is 2.69 bits per heavy atom. The Bertz CT molecular complexity index is 393. The lowest BCUT2D eigenvalue weighted by molar-refractivity contribution is -0.140. The molecule has 5 heteroatoms. The number of thioether (sulfide) groups is 1. The van der Waals surface area contributed by atoms with Gasteiger partial charge in [-0.1, -0.05) is 18.2 Å². The molecule has 2 N–H and O–H groups in total. The first-order chi connectivity index (χ1) is 7.63. The number of carbonyl (C=O) groups is 2. The van der Waals surface area contributed by atoms with Crippen molar-refractivity contribution >= 4 is 23.6 Å². The summed E-state index contributed by atoms with van der Waals surface area (Å²) >= 11 is 1.59. The van der Waals surface area contributed by atoms with E-state index in [0.717, 1.165) is 10.5 Å². The zero-order valence-corrected chi connectivity index (χ0v) is 9.71. The van der Waals surface area contributed by atoms with E-state index in [1.807, 2.05) is 30.5 Å². The fourth-order valence-corrected chi connectivity index (χ4v) is 1.86. The minimum Gasteiger partial charge on any atom is -0.481 e. The number of amides is 1. The van der Waals surface area contributed by atoms with Crippen molar-refractivity contribution in [2.24, 2.45) is 0 Å². The molecule has 1 amide bonds. The number of hydrogen-bond donors (Lipinski definition) is 2. The second-order valence-corrected chi connectivity index (χ2v) is 4.01. The van der Waals surface area contributed by atoms with E-state index in [0.29, 0.717) is 6.54 Å². The second kappa shape index (κ2) is 6.17. The molecule has 0 bridgehead atoms. The number of carbonyl (C=O) groups excluding carboxylic acids is 1. The van der Waals surface area contributed by atoms with Crippen LogP contribution < -0.4 is 5.32 Å². The van der Waals surface area contributed by atoms with Gasteiger partial charge in [-0.2, -0.15) is 0 Å². The minimum absolute atomic E-state index is 0.364. The average molecular weight is 239 g/mol. The molecule has 0 radical (unpaired) electrons. The maximum absolute atomic E-state index is 11.1. The van der Waals surface area contributed by atoms with Crippen LogP contribution >= 0.6 is 11.8 Å². The van der Waals surface area contributed by atoms with Crippen molar-refractivity contribution in [1.29, 1.82) is 0 Å². The third-order valence-corrected chi connectivity index (χ3v) is 2.82. The van der Waals surface area contributed by atoms with Crippen LogP contribution in [0.2, 0.25) is 0 Å². The van der Waals surface area contributed by atoms with Crippen LogP contribution in [0.1, 0.15) is 12.0 Å². The highest BCUT2D eigenvalue weighted by Gasteiger charge is 2.07. The van der Waals surface area contributed by atoms with Gasteiger partial charge in [0, 0.05) is 11.4 Å². The molecule has 0 aromatic heterocycles. The van der Waals surface area contributed by atoms with Crippen LogP contribution in [0.4, 0.5) is 0 Å². The maximum atomic E-state index is 11.1. The number of carboxylic acid groups (broad SMARTS) is 1. The Hall–Kier alpha value is -1.49. The molecule has 86 valence electrons. The fourth-order valence-electron chi connectivity index (χ4n) is 1.24. The van der Waals surface area contributed by atoms with E-state index >= 15 is 0 Å². The maximum Gasteiger partial charge on any atom is 0.312 e. The van der Waals surface area contributed by atoms with Crippen molar-refractivity contribution < 1.29 is 14.7 Å². The molecule has 0 aliphatic rings. The summed E-state index contributed by atoms with van der Waals surface area (Å²) in [5, 5.41) is 11.0. The molecule has 0 aliphatic carbocycles. The van der Waals surface area contributed by atoms with Crippen LogP contribution in [0.15, 0.2) is 29.2 Å². The lowest BCUT2D eigenvalue weighted by Crippen LogP contribution is -2.25. The van der Waals surface area contributed by atoms with Crippen LogP contribution in [0, 0.1) is 0 Å². The van der Waals surface area contributed by atoms with Gasteiger partial charge in [0.05, 0.1) is 0 Å². The van der Waals surface area contributed by atoms with Crippen LogP contribution in [-0.4, -0.2) is 23.2 Å². The lowest BCUT2D eigenvalue weighted by Gasteiger charge is -2.07. The second-order valence-electron chi connectivity index (χ2n) is 3.16. The van der Waals surface area contributed by atoms with Gasteiger partial charge in [0.15, 0.2) is 0 Å². The first-order valence-electron chi connectivity index (χ1n) is 4.74. The molecular formula is C11H13NO3S. The molecule has 0 aliphatic heterocycles. The molecule has 0 unspecified atom stereocenters. The third-order valence-electron chi connectivity index (χ3n) is 1.98. The molecule has 1 aromatic carbocycles. The number of benzene rings is 1. The molecule has 0 saturated carbocycles. The Labute approximate surface area is 98.0 Å². The highest BCUT2D eigenvalue weighted by molar-refractivity contribution is 7.98. The van der Waals surface area contributed by atoms with E-state index < -0.39 is 18.3 Å². The number of nitrogens with one attached hydrogen (secondary N) is 1. The molecule has 0 saturated heterocycles. The van der Waals surface area contributed by atoms with Crippen LogP contribution in [-0.2, 0) is 16.1 Å². The number of carboxylic acids is 1. The molecule has 1 aromatic rings. The van der Waals surface area contributed by atoms with Crippen molar-refractivity contribution in [3.63, 3.8) is 0 Å². The van der Waals surface area contributed by atoms with Gasteiger partial charge in [0.25, 0.3) is 0 Å². The SMILES string of the molecule is CSc1ccccc1CNC(=O)CC(=O)O. The van der Waals surface area contributed by atoms with Gasteiger partial charge < -0.3 is 10.4 Å². The van der Waals surface area contributed by atoms with Gasteiger partial charge in [0.1, 0.15) is 6.42 Å². The van der Waals surface area contributed by atoms with Crippen molar-refractivity contribution in [3.8, 4) is 0 Å². The molecule has 0 heterocycles. The van der Waals surface area contributed by atoms with E-state index in [1.54, 1.807) is 11.8 Å². The van der Waals surface area contributed by atoms with Crippen molar-refractivity contribution in [1.82, 2.24) is 5.32 Å². The van der Waals surface area contributed by atoms with E-state index in [9.17, 15) is 9.59 Å². The summed E-state index contributed by atoms with van der Waals surface area (Å²) < 4.78 is 0. The predicted molar refractivity (Wildman–Crippen MR) is 62.3 cm³/mol. The Kier molecular flexibility index (Phi) is 4.85. The lowest BCUT2D eigenvalue weighted by atomic mass is 10.2. The first-order valence-corrected chi connectivity index (χ1v) is 5.96. The smallest absolute Gasteiger partial charge is 0.312 e. The minimum atomic E-state index is -1.12. The largest absolute Gasteiger partial charge is 0.481 e. The van der Waals surface area contributed by atoms with Crippen molar-refractivity contribution in [2.45, 2.75) is 17.9 Å². The standard InChI is InChI=1S/C11H13NO3S/c1-16-9-5-3-2-4-8(9)7-12-10(13)6-11(14)15/h2-5H,6-7H2,1H3,(H,12,13)(H,14,15). The zero-order chi connectivity index (χ0) is 12.0. The normalized spacial score (nSPS) is 9.81. The van der Waals surface area contributed by atoms with Gasteiger partial charge in [-0.25, -0.2) is 0 Å². The summed E-state index contributed by atoms with van der Waals surface area (Å²) in [5.41, 5.74) is 0.994. The van der Waals surface area contributed by atoms with Crippen molar-refractivity contribution in [2.75, 3.05) is 6.26 Å². The average Bonchev–Trinajstić information content (AvgIpc) is 2.26. The highest BCUT2D eigenvalue weighted by Crippen LogP contribution is 2.19. The van der Waals surface area contributed by atoms with Crippen LogP contribution in [0.5, 0.6) is 0 Å². The summed E-state index contributed by atoms with van der Waals surface area (Å²) in [6.07, 6.45) is 1.47. The molecule has 0 atom stereocenters. The molecule has 16 heavy (non-hydrogen) atoms. The molecular weight excluding hydrogens is 226 g/mol. The monoisotopic (exact) mass is 239 g/mol. The van der Waals surface area contributed by atoms with E-state index in [-0.39, 0.29) is 0 Å². The Morgan fingerprint density at radius 2 is 2.06 bits per heavy atom. The van der Waals surface area contributed by atoms with E-state index in [4.69, 9.17) is 5.11 Å². The topological polar surface area (TPSA) is 66.4 Å². The predicted octanol–water partition coefficient (Wildman–Crippen LogP) is 1.50. The van der Waals surface area contributed by atoms with Gasteiger partial charge in [-0.15, -0.1) is 11.8 Å². The summed E-state index contributed by atoms with van der Waals surface area (Å²) in [7, 11) is 0. The third kappa shape index (κ3) is 3.94. The van der Waals surface area contributed by atoms with Gasteiger partial charge in [-0.05, 0) is 17.9 Å². The molecule has 4 nitrogen and oxygen atoms in total. The van der Waals surface area contributed by atoms with E-state index in [1.165, 1.54) is 0 Å². The van der Waals surface area contributed by atoms with Gasteiger partial charge >= 0.3 is 5.97 Å². The Balaban J connectivity index is 2.54. The highest BCUT2D eigenvalue weighted by atomic mass is 32.2. The number of hydrogen-bond acceptors (Lipinski definition) is 3. The summed E-state index contributed by atoms with van der Waals surface area (Å²) in [6, 6.07) is 7.68. The quantitative estimate of drug-likeness (QED) is 0.603. The van der Waals surface area contributed by atoms with Crippen molar-refractivity contribution in [3.05, 3.63) is 29.8 Å². The Morgan fingerprint density at radius 1 is 1.38 bits per heavy atom. The first kappa shape index (κ1) is 12.6. The number of rotatable bonds is 5. The van der Waals surface area contributed by atoms with Crippen LogP contribution in [0.25, 0.3) is 0 Å². The molecule has 0 spiro atoms. The molecule has 1 rings (SSSR count). The number of aliphatic carboxylic acids is 1. The zero-order valence-electron chi connectivity index (χ0n) is 8.90.